The Balaban J connectivity index is 1.47. The summed E-state index contributed by atoms with van der Waals surface area (Å²) in [5, 5.41) is 0. The van der Waals surface area contributed by atoms with E-state index in [4.69, 9.17) is 0 Å². The van der Waals surface area contributed by atoms with Gasteiger partial charge in [0, 0.05) is 25.7 Å². The molecule has 124 valence electrons. The van der Waals surface area contributed by atoms with Gasteiger partial charge in [0.25, 0.3) is 0 Å². The molecule has 3 heteroatoms. The molecule has 1 amide bonds. The Hall–Kier alpha value is -1.35. The van der Waals surface area contributed by atoms with Crippen LogP contribution in [0.5, 0.6) is 0 Å². The average molecular weight is 312 g/mol. The number of piperidine rings is 1. The Morgan fingerprint density at radius 1 is 1.17 bits per heavy atom. The van der Waals surface area contributed by atoms with Gasteiger partial charge in [-0.3, -0.25) is 9.69 Å². The Morgan fingerprint density at radius 2 is 2.04 bits per heavy atom. The Morgan fingerprint density at radius 3 is 2.78 bits per heavy atom. The molecule has 4 rings (SSSR count). The lowest BCUT2D eigenvalue weighted by Crippen LogP contribution is -2.50. The lowest BCUT2D eigenvalue weighted by atomic mass is 9.78. The average Bonchev–Trinajstić information content (AvgIpc) is 2.87. The van der Waals surface area contributed by atoms with Crippen molar-refractivity contribution in [2.45, 2.75) is 58.0 Å². The van der Waals surface area contributed by atoms with Gasteiger partial charge in [-0.15, -0.1) is 0 Å². The Bertz CT molecular complexity index is 595. The molecule has 1 spiro atoms. The molecule has 1 atom stereocenters. The zero-order valence-electron chi connectivity index (χ0n) is 14.3. The molecule has 2 saturated heterocycles. The molecule has 1 unspecified atom stereocenters. The highest BCUT2D eigenvalue weighted by atomic mass is 16.2. The van der Waals surface area contributed by atoms with E-state index >= 15 is 0 Å². The van der Waals surface area contributed by atoms with E-state index in [1.807, 2.05) is 0 Å². The van der Waals surface area contributed by atoms with Gasteiger partial charge < -0.3 is 4.90 Å². The lowest BCUT2D eigenvalue weighted by molar-refractivity contribution is -0.146. The summed E-state index contributed by atoms with van der Waals surface area (Å²) in [6.45, 7) is 5.98. The number of amides is 1. The SMILES string of the molecule is Cc1cccc(CN2CCCC3(CCN(C4CCC4)C3)C2=O)c1. The van der Waals surface area contributed by atoms with Crippen molar-refractivity contribution in [3.63, 3.8) is 0 Å². The molecule has 1 aromatic carbocycles. The van der Waals surface area contributed by atoms with Gasteiger partial charge in [-0.2, -0.15) is 0 Å². The van der Waals surface area contributed by atoms with E-state index in [1.54, 1.807) is 0 Å². The number of hydrogen-bond acceptors (Lipinski definition) is 2. The highest BCUT2D eigenvalue weighted by molar-refractivity contribution is 5.84. The van der Waals surface area contributed by atoms with E-state index < -0.39 is 0 Å². The predicted octanol–water partition coefficient (Wildman–Crippen LogP) is 3.36. The first-order valence-corrected chi connectivity index (χ1v) is 9.25. The first-order chi connectivity index (χ1) is 11.2. The quantitative estimate of drug-likeness (QED) is 0.854. The van der Waals surface area contributed by atoms with Crippen LogP contribution < -0.4 is 0 Å². The maximum absolute atomic E-state index is 13.2. The fourth-order valence-corrected chi connectivity index (χ4v) is 4.68. The molecule has 3 nitrogen and oxygen atoms in total. The summed E-state index contributed by atoms with van der Waals surface area (Å²) in [4.78, 5) is 17.9. The molecule has 23 heavy (non-hydrogen) atoms. The first kappa shape index (κ1) is 15.2. The molecule has 2 heterocycles. The smallest absolute Gasteiger partial charge is 0.230 e. The van der Waals surface area contributed by atoms with Gasteiger partial charge in [-0.1, -0.05) is 36.2 Å². The molecule has 0 bridgehead atoms. The third kappa shape index (κ3) is 2.80. The van der Waals surface area contributed by atoms with Crippen molar-refractivity contribution in [1.82, 2.24) is 9.80 Å². The second-order valence-corrected chi connectivity index (χ2v) is 7.90. The summed E-state index contributed by atoms with van der Waals surface area (Å²) in [5.41, 5.74) is 2.47. The van der Waals surface area contributed by atoms with E-state index in [1.165, 1.54) is 30.4 Å². The minimum atomic E-state index is -0.0718. The first-order valence-electron chi connectivity index (χ1n) is 9.25. The van der Waals surface area contributed by atoms with Gasteiger partial charge in [0.05, 0.1) is 5.41 Å². The fraction of sp³-hybridized carbons (Fsp3) is 0.650. The van der Waals surface area contributed by atoms with Crippen LogP contribution in [0, 0.1) is 12.3 Å². The second-order valence-electron chi connectivity index (χ2n) is 7.90. The molecule has 1 aromatic rings. The molecule has 2 aliphatic heterocycles. The van der Waals surface area contributed by atoms with Crippen LogP contribution in [-0.2, 0) is 11.3 Å². The molecular formula is C20H28N2O. The molecule has 1 aliphatic carbocycles. The van der Waals surface area contributed by atoms with E-state index in [-0.39, 0.29) is 5.41 Å². The summed E-state index contributed by atoms with van der Waals surface area (Å²) in [6, 6.07) is 9.36. The van der Waals surface area contributed by atoms with Crippen molar-refractivity contribution in [3.05, 3.63) is 35.4 Å². The van der Waals surface area contributed by atoms with Crippen molar-refractivity contribution < 1.29 is 4.79 Å². The van der Waals surface area contributed by atoms with Crippen LogP contribution in [0.3, 0.4) is 0 Å². The van der Waals surface area contributed by atoms with Gasteiger partial charge in [-0.05, 0) is 51.1 Å². The number of carbonyl (C=O) groups excluding carboxylic acids is 1. The molecule has 0 radical (unpaired) electrons. The number of benzene rings is 1. The van der Waals surface area contributed by atoms with Crippen molar-refractivity contribution in [1.29, 1.82) is 0 Å². The molecule has 3 fully saturated rings. The molecule has 0 aromatic heterocycles. The number of carbonyl (C=O) groups is 1. The number of rotatable bonds is 3. The van der Waals surface area contributed by atoms with Crippen molar-refractivity contribution >= 4 is 5.91 Å². The normalized spacial score (nSPS) is 29.3. The van der Waals surface area contributed by atoms with E-state index in [2.05, 4.69) is 41.0 Å². The van der Waals surface area contributed by atoms with Crippen LogP contribution in [0.25, 0.3) is 0 Å². The summed E-state index contributed by atoms with van der Waals surface area (Å²) in [5.74, 6) is 0.423. The number of hydrogen-bond donors (Lipinski definition) is 0. The number of aryl methyl sites for hydroxylation is 1. The van der Waals surface area contributed by atoms with Crippen LogP contribution in [-0.4, -0.2) is 41.4 Å². The summed E-state index contributed by atoms with van der Waals surface area (Å²) in [6.07, 6.45) is 7.40. The molecular weight excluding hydrogens is 284 g/mol. The zero-order chi connectivity index (χ0) is 15.9. The van der Waals surface area contributed by atoms with Gasteiger partial charge in [-0.25, -0.2) is 0 Å². The van der Waals surface area contributed by atoms with Crippen molar-refractivity contribution in [2.24, 2.45) is 5.41 Å². The van der Waals surface area contributed by atoms with Crippen molar-refractivity contribution in [2.75, 3.05) is 19.6 Å². The highest BCUT2D eigenvalue weighted by Gasteiger charge is 2.49. The van der Waals surface area contributed by atoms with Crippen LogP contribution in [0.1, 0.15) is 49.7 Å². The van der Waals surface area contributed by atoms with Crippen LogP contribution in [0.4, 0.5) is 0 Å². The number of likely N-dealkylation sites (tertiary alicyclic amines) is 2. The summed E-state index contributed by atoms with van der Waals surface area (Å²) in [7, 11) is 0. The maximum Gasteiger partial charge on any atom is 0.230 e. The minimum Gasteiger partial charge on any atom is -0.338 e. The Kier molecular flexibility index (Phi) is 3.92. The van der Waals surface area contributed by atoms with Crippen LogP contribution >= 0.6 is 0 Å². The van der Waals surface area contributed by atoms with Crippen LogP contribution in [0.15, 0.2) is 24.3 Å². The van der Waals surface area contributed by atoms with Gasteiger partial charge in [0.1, 0.15) is 0 Å². The summed E-state index contributed by atoms with van der Waals surface area (Å²) >= 11 is 0. The van der Waals surface area contributed by atoms with Gasteiger partial charge in [0.2, 0.25) is 5.91 Å². The van der Waals surface area contributed by atoms with E-state index in [0.717, 1.165) is 51.5 Å². The second kappa shape index (κ2) is 5.94. The van der Waals surface area contributed by atoms with Gasteiger partial charge in [0.15, 0.2) is 0 Å². The monoisotopic (exact) mass is 312 g/mol. The Labute approximate surface area is 139 Å². The highest BCUT2D eigenvalue weighted by Crippen LogP contribution is 2.43. The van der Waals surface area contributed by atoms with Crippen LogP contribution in [0.2, 0.25) is 0 Å². The van der Waals surface area contributed by atoms with E-state index in [9.17, 15) is 4.79 Å². The minimum absolute atomic E-state index is 0.0718. The molecule has 1 saturated carbocycles. The predicted molar refractivity (Wildman–Crippen MR) is 92.1 cm³/mol. The standard InChI is InChI=1S/C20H28N2O/c1-16-5-2-6-17(13-16)14-21-11-4-9-20(19(21)23)10-12-22(15-20)18-7-3-8-18/h2,5-6,13,18H,3-4,7-12,14-15H2,1H3. The third-order valence-corrected chi connectivity index (χ3v) is 6.25. The third-order valence-electron chi connectivity index (χ3n) is 6.25. The lowest BCUT2D eigenvalue weighted by Gasteiger charge is -2.41. The fourth-order valence-electron chi connectivity index (χ4n) is 4.68. The maximum atomic E-state index is 13.2. The number of nitrogens with zero attached hydrogens (tertiary/aromatic N) is 2. The molecule has 0 N–H and O–H groups in total. The zero-order valence-corrected chi connectivity index (χ0v) is 14.3. The topological polar surface area (TPSA) is 23.6 Å². The van der Waals surface area contributed by atoms with E-state index in [0.29, 0.717) is 5.91 Å². The van der Waals surface area contributed by atoms with Gasteiger partial charge >= 0.3 is 0 Å². The molecule has 3 aliphatic rings. The van der Waals surface area contributed by atoms with Crippen molar-refractivity contribution in [3.8, 4) is 0 Å². The largest absolute Gasteiger partial charge is 0.338 e. The summed E-state index contributed by atoms with van der Waals surface area (Å²) < 4.78 is 0.